The predicted octanol–water partition coefficient (Wildman–Crippen LogP) is 5.14. The van der Waals surface area contributed by atoms with E-state index in [1.54, 1.807) is 12.4 Å². The summed E-state index contributed by atoms with van der Waals surface area (Å²) in [6.45, 7) is 9.07. The molecule has 2 aromatic heterocycles. The number of hydrogen-bond donors (Lipinski definition) is 1. The molecular formula is C24H27N5O3. The van der Waals surface area contributed by atoms with E-state index in [0.29, 0.717) is 30.7 Å². The van der Waals surface area contributed by atoms with Crippen molar-refractivity contribution in [2.24, 2.45) is 5.92 Å². The highest BCUT2D eigenvalue weighted by molar-refractivity contribution is 5.88. The molecule has 1 N–H and O–H groups in total. The minimum atomic E-state index is -0.163. The fourth-order valence-electron chi connectivity index (χ4n) is 3.58. The second kappa shape index (κ2) is 9.21. The van der Waals surface area contributed by atoms with Crippen LogP contribution in [0.4, 0.5) is 10.7 Å². The Morgan fingerprint density at radius 1 is 1.25 bits per heavy atom. The normalized spacial score (nSPS) is 17.4. The number of likely N-dealkylation sites (tertiary alicyclic amines) is 1. The number of carbonyl (C=O) groups is 1. The Morgan fingerprint density at radius 3 is 2.72 bits per heavy atom. The fourth-order valence-corrected chi connectivity index (χ4v) is 3.58. The third kappa shape index (κ3) is 4.96. The topological polar surface area (TPSA) is 93.4 Å². The van der Waals surface area contributed by atoms with Crippen LogP contribution in [-0.4, -0.2) is 39.1 Å². The fraction of sp³-hybridized carbons (Fsp3) is 0.333. The Morgan fingerprint density at radius 2 is 2.03 bits per heavy atom. The van der Waals surface area contributed by atoms with Gasteiger partial charge >= 0.3 is 12.0 Å². The van der Waals surface area contributed by atoms with E-state index in [9.17, 15) is 4.79 Å². The lowest BCUT2D eigenvalue weighted by Crippen LogP contribution is -2.42. The van der Waals surface area contributed by atoms with Gasteiger partial charge in [0.2, 0.25) is 5.88 Å². The lowest BCUT2D eigenvalue weighted by molar-refractivity contribution is 0.197. The van der Waals surface area contributed by atoms with Crippen LogP contribution < -0.4 is 10.1 Å². The van der Waals surface area contributed by atoms with Crippen LogP contribution in [0.2, 0.25) is 0 Å². The molecule has 166 valence electrons. The highest BCUT2D eigenvalue weighted by Gasteiger charge is 2.25. The Balaban J connectivity index is 1.40. The highest BCUT2D eigenvalue weighted by atomic mass is 16.5. The molecule has 1 fully saturated rings. The van der Waals surface area contributed by atoms with E-state index in [1.807, 2.05) is 49.9 Å². The summed E-state index contributed by atoms with van der Waals surface area (Å²) in [5.74, 6) is 1.33. The number of urea groups is 1. The highest BCUT2D eigenvalue weighted by Crippen LogP contribution is 2.27. The Labute approximate surface area is 187 Å². The van der Waals surface area contributed by atoms with Crippen molar-refractivity contribution >= 4 is 18.0 Å². The van der Waals surface area contributed by atoms with Gasteiger partial charge in [0.05, 0.1) is 5.69 Å². The molecule has 8 heteroatoms. The zero-order chi connectivity index (χ0) is 22.7. The molecule has 0 aliphatic carbocycles. The van der Waals surface area contributed by atoms with Crippen LogP contribution in [0, 0.1) is 26.7 Å². The zero-order valence-electron chi connectivity index (χ0n) is 18.8. The first-order chi connectivity index (χ1) is 15.4. The number of amides is 2. The molecule has 0 bridgehead atoms. The maximum atomic E-state index is 12.7. The number of aryl methyl sites for hydroxylation is 2. The number of aromatic nitrogens is 3. The second-order valence-corrected chi connectivity index (χ2v) is 8.19. The minimum absolute atomic E-state index is 0.163. The van der Waals surface area contributed by atoms with Gasteiger partial charge in [-0.05, 0) is 56.4 Å². The van der Waals surface area contributed by atoms with Gasteiger partial charge in [0, 0.05) is 31.0 Å². The quantitative estimate of drug-likeness (QED) is 0.612. The summed E-state index contributed by atoms with van der Waals surface area (Å²) < 4.78 is 11.0. The van der Waals surface area contributed by atoms with Crippen molar-refractivity contribution in [2.45, 2.75) is 34.1 Å². The summed E-state index contributed by atoms with van der Waals surface area (Å²) in [7, 11) is 0. The van der Waals surface area contributed by atoms with E-state index < -0.39 is 0 Å². The van der Waals surface area contributed by atoms with Crippen LogP contribution in [0.5, 0.6) is 11.8 Å². The number of hydrogen-bond acceptors (Lipinski definition) is 6. The summed E-state index contributed by atoms with van der Waals surface area (Å²) in [6, 6.07) is 8.00. The Bertz CT molecular complexity index is 1140. The monoisotopic (exact) mass is 433 g/mol. The molecule has 1 aliphatic heterocycles. The van der Waals surface area contributed by atoms with Crippen molar-refractivity contribution in [1.29, 1.82) is 0 Å². The molecule has 8 nitrogen and oxygen atoms in total. The molecule has 0 radical (unpaired) electrons. The summed E-state index contributed by atoms with van der Waals surface area (Å²) in [5, 5.41) is 6.72. The molecule has 1 atom stereocenters. The second-order valence-electron chi connectivity index (χ2n) is 8.19. The van der Waals surface area contributed by atoms with Crippen molar-refractivity contribution in [3.8, 4) is 11.8 Å². The number of rotatable bonds is 4. The Hall–Kier alpha value is -3.68. The lowest BCUT2D eigenvalue weighted by Gasteiger charge is -2.33. The molecule has 0 spiro atoms. The zero-order valence-corrected chi connectivity index (χ0v) is 18.8. The van der Waals surface area contributed by atoms with Gasteiger partial charge in [0.15, 0.2) is 0 Å². The van der Waals surface area contributed by atoms with Crippen molar-refractivity contribution < 1.29 is 14.1 Å². The van der Waals surface area contributed by atoms with Crippen LogP contribution in [-0.2, 0) is 0 Å². The first-order valence-corrected chi connectivity index (χ1v) is 10.6. The van der Waals surface area contributed by atoms with Crippen molar-refractivity contribution in [1.82, 2.24) is 20.0 Å². The molecule has 1 aromatic carbocycles. The number of carbonyl (C=O) groups excluding carboxylic acids is 1. The van der Waals surface area contributed by atoms with E-state index >= 15 is 0 Å². The summed E-state index contributed by atoms with van der Waals surface area (Å²) in [4.78, 5) is 22.9. The van der Waals surface area contributed by atoms with E-state index in [1.165, 1.54) is 5.57 Å². The minimum Gasteiger partial charge on any atom is -0.424 e. The van der Waals surface area contributed by atoms with E-state index in [4.69, 9.17) is 9.26 Å². The standard InChI is InChI=1S/C24H27N5O3/c1-15-12-25-23(26-13-15)31-21-7-5-6-19(11-21)10-20-8-9-29(14-16(20)2)24(30)27-22-17(3)18(4)28-32-22/h5-7,10-13,16H,8-9,14H2,1-4H3,(H,27,30)/b20-10+. The van der Waals surface area contributed by atoms with Gasteiger partial charge in [-0.25, -0.2) is 14.8 Å². The third-order valence-corrected chi connectivity index (χ3v) is 5.64. The number of anilines is 1. The number of piperidine rings is 1. The van der Waals surface area contributed by atoms with Crippen LogP contribution in [0.25, 0.3) is 6.08 Å². The Kier molecular flexibility index (Phi) is 6.20. The van der Waals surface area contributed by atoms with Gasteiger partial charge in [0.1, 0.15) is 5.75 Å². The van der Waals surface area contributed by atoms with Gasteiger partial charge in [-0.1, -0.05) is 35.9 Å². The molecule has 3 aromatic rings. The van der Waals surface area contributed by atoms with Crippen molar-refractivity contribution in [3.63, 3.8) is 0 Å². The van der Waals surface area contributed by atoms with Gasteiger partial charge in [-0.2, -0.15) is 0 Å². The van der Waals surface area contributed by atoms with Gasteiger partial charge in [-0.15, -0.1) is 0 Å². The number of nitrogens with one attached hydrogen (secondary N) is 1. The van der Waals surface area contributed by atoms with Gasteiger partial charge < -0.3 is 14.2 Å². The molecular weight excluding hydrogens is 406 g/mol. The number of nitrogens with zero attached hydrogens (tertiary/aromatic N) is 4. The van der Waals surface area contributed by atoms with Crippen LogP contribution in [0.1, 0.15) is 35.7 Å². The van der Waals surface area contributed by atoms with Crippen molar-refractivity contribution in [2.75, 3.05) is 18.4 Å². The number of ether oxygens (including phenoxy) is 1. The van der Waals surface area contributed by atoms with Gasteiger partial charge in [-0.3, -0.25) is 5.32 Å². The number of benzene rings is 1. The third-order valence-electron chi connectivity index (χ3n) is 5.64. The molecule has 2 amide bonds. The maximum Gasteiger partial charge on any atom is 0.324 e. The van der Waals surface area contributed by atoms with Crippen LogP contribution in [0.15, 0.2) is 46.8 Å². The first-order valence-electron chi connectivity index (χ1n) is 10.6. The van der Waals surface area contributed by atoms with Crippen LogP contribution >= 0.6 is 0 Å². The SMILES string of the molecule is Cc1cnc(Oc2cccc(/C=C3\CCN(C(=O)Nc4onc(C)c4C)CC3C)c2)nc1. The molecule has 32 heavy (non-hydrogen) atoms. The molecule has 0 saturated carbocycles. The molecule has 3 heterocycles. The average Bonchev–Trinajstić information content (AvgIpc) is 3.09. The average molecular weight is 434 g/mol. The smallest absolute Gasteiger partial charge is 0.324 e. The first kappa shape index (κ1) is 21.5. The summed E-state index contributed by atoms with van der Waals surface area (Å²) in [5.41, 5.74) is 4.95. The van der Waals surface area contributed by atoms with Crippen molar-refractivity contribution in [3.05, 3.63) is 64.6 Å². The predicted molar refractivity (Wildman–Crippen MR) is 122 cm³/mol. The van der Waals surface area contributed by atoms with E-state index in [-0.39, 0.29) is 11.9 Å². The molecule has 1 saturated heterocycles. The van der Waals surface area contributed by atoms with Crippen LogP contribution in [0.3, 0.4) is 0 Å². The van der Waals surface area contributed by atoms with E-state index in [0.717, 1.165) is 28.8 Å². The van der Waals surface area contributed by atoms with E-state index in [2.05, 4.69) is 33.4 Å². The maximum absolute atomic E-state index is 12.7. The molecule has 1 aliphatic rings. The lowest BCUT2D eigenvalue weighted by atomic mass is 9.91. The largest absolute Gasteiger partial charge is 0.424 e. The summed E-state index contributed by atoms with van der Waals surface area (Å²) in [6.07, 6.45) is 6.43. The summed E-state index contributed by atoms with van der Waals surface area (Å²) >= 11 is 0. The van der Waals surface area contributed by atoms with Gasteiger partial charge in [0.25, 0.3) is 0 Å². The molecule has 1 unspecified atom stereocenters. The molecule has 4 rings (SSSR count).